The molecular weight excluding hydrogens is 174 g/mol. The Morgan fingerprint density at radius 2 is 1.92 bits per heavy atom. The highest BCUT2D eigenvalue weighted by Gasteiger charge is 2.40. The first-order valence-electron chi connectivity index (χ1n) is 4.28. The summed E-state index contributed by atoms with van der Waals surface area (Å²) in [5, 5.41) is 8.77. The van der Waals surface area contributed by atoms with E-state index in [9.17, 15) is 8.78 Å². The zero-order valence-electron chi connectivity index (χ0n) is 7.00. The summed E-state index contributed by atoms with van der Waals surface area (Å²) in [6.45, 7) is 0.0123. The number of aliphatic hydroxyl groups excluding tert-OH is 1. The summed E-state index contributed by atoms with van der Waals surface area (Å²) in [4.78, 5) is 0. The van der Waals surface area contributed by atoms with Crippen LogP contribution < -0.4 is 0 Å². The van der Waals surface area contributed by atoms with Crippen molar-refractivity contribution < 1.29 is 13.9 Å². The van der Waals surface area contributed by atoms with Crippen LogP contribution in [0.1, 0.15) is 17.9 Å². The van der Waals surface area contributed by atoms with Gasteiger partial charge in [-0.3, -0.25) is 0 Å². The van der Waals surface area contributed by atoms with Crippen LogP contribution in [0.2, 0.25) is 0 Å². The molecular formula is C10H10F2O. The van der Waals surface area contributed by atoms with Gasteiger partial charge >= 0.3 is 0 Å². The fourth-order valence-corrected chi connectivity index (χ4v) is 1.67. The molecule has 1 aromatic rings. The average Bonchev–Trinajstić information content (AvgIpc) is 2.83. The van der Waals surface area contributed by atoms with Crippen LogP contribution in [0.3, 0.4) is 0 Å². The zero-order valence-corrected chi connectivity index (χ0v) is 7.00. The Morgan fingerprint density at radius 1 is 1.31 bits per heavy atom. The first-order chi connectivity index (χ1) is 6.24. The molecule has 0 heterocycles. The SMILES string of the molecule is OC[C@H]1C[C@H]1c1c(F)cccc1F. The smallest absolute Gasteiger partial charge is 0.129 e. The van der Waals surface area contributed by atoms with Crippen molar-refractivity contribution in [3.05, 3.63) is 35.4 Å². The summed E-state index contributed by atoms with van der Waals surface area (Å²) < 4.78 is 26.3. The fourth-order valence-electron chi connectivity index (χ4n) is 1.67. The minimum atomic E-state index is -0.499. The molecule has 0 unspecified atom stereocenters. The summed E-state index contributed by atoms with van der Waals surface area (Å²) in [6, 6.07) is 3.86. The fraction of sp³-hybridized carbons (Fsp3) is 0.400. The Labute approximate surface area is 75.0 Å². The molecule has 0 aliphatic heterocycles. The molecule has 2 atom stereocenters. The number of halogens is 2. The maximum absolute atomic E-state index is 13.1. The summed E-state index contributed by atoms with van der Waals surface area (Å²) in [5.74, 6) is -1.07. The highest BCUT2D eigenvalue weighted by molar-refractivity contribution is 5.29. The molecule has 1 N–H and O–H groups in total. The van der Waals surface area contributed by atoms with Gasteiger partial charge in [-0.2, -0.15) is 0 Å². The normalized spacial score (nSPS) is 26.1. The Hall–Kier alpha value is -0.960. The molecule has 0 amide bonds. The summed E-state index contributed by atoms with van der Waals surface area (Å²) in [6.07, 6.45) is 0.689. The van der Waals surface area contributed by atoms with Gasteiger partial charge in [0.1, 0.15) is 11.6 Å². The van der Waals surface area contributed by atoms with Crippen molar-refractivity contribution in [3.63, 3.8) is 0 Å². The number of aliphatic hydroxyl groups is 1. The van der Waals surface area contributed by atoms with Gasteiger partial charge in [-0.25, -0.2) is 8.78 Å². The first kappa shape index (κ1) is 8.63. The van der Waals surface area contributed by atoms with Crippen LogP contribution in [0.5, 0.6) is 0 Å². The van der Waals surface area contributed by atoms with E-state index in [0.717, 1.165) is 0 Å². The molecule has 1 fully saturated rings. The lowest BCUT2D eigenvalue weighted by molar-refractivity contribution is 0.273. The minimum Gasteiger partial charge on any atom is -0.396 e. The lowest BCUT2D eigenvalue weighted by atomic mass is 10.1. The Bertz CT molecular complexity index is 304. The van der Waals surface area contributed by atoms with Crippen LogP contribution in [0.4, 0.5) is 8.78 Å². The molecule has 0 saturated heterocycles. The van der Waals surface area contributed by atoms with Crippen molar-refractivity contribution in [1.29, 1.82) is 0 Å². The molecule has 0 radical (unpaired) electrons. The third kappa shape index (κ3) is 1.44. The molecule has 3 heteroatoms. The monoisotopic (exact) mass is 184 g/mol. The van der Waals surface area contributed by atoms with Crippen LogP contribution in [-0.2, 0) is 0 Å². The maximum Gasteiger partial charge on any atom is 0.129 e. The van der Waals surface area contributed by atoms with E-state index < -0.39 is 11.6 Å². The lowest BCUT2D eigenvalue weighted by Crippen LogP contribution is -1.96. The van der Waals surface area contributed by atoms with Gasteiger partial charge in [-0.15, -0.1) is 0 Å². The average molecular weight is 184 g/mol. The molecule has 1 nitrogen and oxygen atoms in total. The summed E-state index contributed by atoms with van der Waals surface area (Å²) in [7, 11) is 0. The molecule has 13 heavy (non-hydrogen) atoms. The second kappa shape index (κ2) is 3.07. The van der Waals surface area contributed by atoms with Crippen molar-refractivity contribution in [2.75, 3.05) is 6.61 Å². The van der Waals surface area contributed by atoms with E-state index in [4.69, 9.17) is 5.11 Å². The molecule has 0 bridgehead atoms. The number of benzene rings is 1. The summed E-state index contributed by atoms with van der Waals surface area (Å²) >= 11 is 0. The van der Waals surface area contributed by atoms with Crippen LogP contribution in [0.15, 0.2) is 18.2 Å². The highest BCUT2D eigenvalue weighted by Crippen LogP contribution is 2.48. The minimum absolute atomic E-state index is 0.0123. The van der Waals surface area contributed by atoms with E-state index in [-0.39, 0.29) is 24.0 Å². The number of hydrogen-bond acceptors (Lipinski definition) is 1. The molecule has 1 aromatic carbocycles. The van der Waals surface area contributed by atoms with Gasteiger partial charge in [0, 0.05) is 12.2 Å². The molecule has 2 rings (SSSR count). The van der Waals surface area contributed by atoms with Gasteiger partial charge in [0.2, 0.25) is 0 Å². The zero-order chi connectivity index (χ0) is 9.42. The van der Waals surface area contributed by atoms with E-state index in [0.29, 0.717) is 6.42 Å². The Balaban J connectivity index is 2.30. The Morgan fingerprint density at radius 3 is 2.38 bits per heavy atom. The van der Waals surface area contributed by atoms with Crippen LogP contribution in [0, 0.1) is 17.6 Å². The molecule has 1 saturated carbocycles. The lowest BCUT2D eigenvalue weighted by Gasteiger charge is -2.02. The highest BCUT2D eigenvalue weighted by atomic mass is 19.1. The molecule has 1 aliphatic rings. The van der Waals surface area contributed by atoms with Gasteiger partial charge in [0.25, 0.3) is 0 Å². The predicted molar refractivity (Wildman–Crippen MR) is 44.3 cm³/mol. The molecule has 70 valence electrons. The van der Waals surface area contributed by atoms with Crippen molar-refractivity contribution >= 4 is 0 Å². The molecule has 0 spiro atoms. The van der Waals surface area contributed by atoms with Crippen LogP contribution in [-0.4, -0.2) is 11.7 Å². The summed E-state index contributed by atoms with van der Waals surface area (Å²) in [5.41, 5.74) is 0.140. The standard InChI is InChI=1S/C10H10F2O/c11-8-2-1-3-9(12)10(8)7-4-6(7)5-13/h1-3,6-7,13H,4-5H2/t6-,7-/m1/s1. The first-order valence-corrected chi connectivity index (χ1v) is 4.28. The second-order valence-corrected chi connectivity index (χ2v) is 3.42. The quantitative estimate of drug-likeness (QED) is 0.745. The number of rotatable bonds is 2. The van der Waals surface area contributed by atoms with Gasteiger partial charge in [-0.1, -0.05) is 6.07 Å². The third-order valence-corrected chi connectivity index (χ3v) is 2.53. The third-order valence-electron chi connectivity index (χ3n) is 2.53. The van der Waals surface area contributed by atoms with E-state index >= 15 is 0 Å². The Kier molecular flexibility index (Phi) is 2.04. The topological polar surface area (TPSA) is 20.2 Å². The molecule has 1 aliphatic carbocycles. The van der Waals surface area contributed by atoms with E-state index in [1.54, 1.807) is 0 Å². The maximum atomic E-state index is 13.1. The second-order valence-electron chi connectivity index (χ2n) is 3.42. The van der Waals surface area contributed by atoms with Gasteiger partial charge in [0.15, 0.2) is 0 Å². The van der Waals surface area contributed by atoms with Crippen molar-refractivity contribution in [3.8, 4) is 0 Å². The molecule has 0 aromatic heterocycles. The number of hydrogen-bond donors (Lipinski definition) is 1. The van der Waals surface area contributed by atoms with Crippen LogP contribution >= 0.6 is 0 Å². The van der Waals surface area contributed by atoms with Gasteiger partial charge < -0.3 is 5.11 Å². The van der Waals surface area contributed by atoms with Gasteiger partial charge in [-0.05, 0) is 30.4 Å². The van der Waals surface area contributed by atoms with E-state index in [2.05, 4.69) is 0 Å². The van der Waals surface area contributed by atoms with Crippen molar-refractivity contribution in [2.24, 2.45) is 5.92 Å². The van der Waals surface area contributed by atoms with Crippen molar-refractivity contribution in [1.82, 2.24) is 0 Å². The van der Waals surface area contributed by atoms with Gasteiger partial charge in [0.05, 0.1) is 0 Å². The largest absolute Gasteiger partial charge is 0.396 e. The van der Waals surface area contributed by atoms with Crippen molar-refractivity contribution in [2.45, 2.75) is 12.3 Å². The van der Waals surface area contributed by atoms with Crippen LogP contribution in [0.25, 0.3) is 0 Å². The van der Waals surface area contributed by atoms with E-state index in [1.807, 2.05) is 0 Å². The predicted octanol–water partition coefficient (Wildman–Crippen LogP) is 2.06. The van der Waals surface area contributed by atoms with E-state index in [1.165, 1.54) is 18.2 Å².